The highest BCUT2D eigenvalue weighted by molar-refractivity contribution is 7.10. The lowest BCUT2D eigenvalue weighted by Gasteiger charge is -2.23. The summed E-state index contributed by atoms with van der Waals surface area (Å²) in [4.78, 5) is 19.9. The van der Waals surface area contributed by atoms with Crippen LogP contribution in [-0.4, -0.2) is 41.6 Å². The maximum atomic E-state index is 12.2. The highest BCUT2D eigenvalue weighted by Crippen LogP contribution is 2.22. The maximum Gasteiger partial charge on any atom is 0.227 e. The van der Waals surface area contributed by atoms with E-state index in [9.17, 15) is 4.79 Å². The molecule has 1 unspecified atom stereocenters. The van der Waals surface area contributed by atoms with E-state index in [1.54, 1.807) is 23.5 Å². The predicted octanol–water partition coefficient (Wildman–Crippen LogP) is 3.80. The Balaban J connectivity index is 1.50. The summed E-state index contributed by atoms with van der Waals surface area (Å²) in [5, 5.41) is 9.64. The van der Waals surface area contributed by atoms with Gasteiger partial charge in [-0.25, -0.2) is 0 Å². The molecule has 0 aliphatic rings. The number of halogens is 1. The van der Waals surface area contributed by atoms with Crippen LogP contribution in [0.3, 0.4) is 0 Å². The van der Waals surface area contributed by atoms with E-state index in [2.05, 4.69) is 26.4 Å². The molecule has 0 bridgehead atoms. The molecule has 2 aromatic heterocycles. The van der Waals surface area contributed by atoms with E-state index in [-0.39, 0.29) is 11.9 Å². The molecule has 8 heteroatoms. The number of thiophene rings is 1. The van der Waals surface area contributed by atoms with Crippen LogP contribution in [0.4, 0.5) is 0 Å². The number of aryl methyl sites for hydroxylation is 1. The zero-order valence-electron chi connectivity index (χ0n) is 15.2. The fourth-order valence-corrected chi connectivity index (χ4v) is 3.66. The molecule has 0 spiro atoms. The molecular weight excluding hydrogens is 384 g/mol. The Labute approximate surface area is 167 Å². The second-order valence-corrected chi connectivity index (χ2v) is 7.73. The first-order valence-corrected chi connectivity index (χ1v) is 9.83. The molecule has 142 valence electrons. The molecule has 0 aliphatic heterocycles. The fraction of sp³-hybridized carbons (Fsp3) is 0.316. The largest absolute Gasteiger partial charge is 0.354 e. The summed E-state index contributed by atoms with van der Waals surface area (Å²) < 4.78 is 5.24. The van der Waals surface area contributed by atoms with E-state index in [0.717, 1.165) is 5.56 Å². The summed E-state index contributed by atoms with van der Waals surface area (Å²) in [6, 6.07) is 11.5. The number of nitrogens with one attached hydrogen (secondary N) is 1. The van der Waals surface area contributed by atoms with Crippen molar-refractivity contribution in [2.45, 2.75) is 18.9 Å². The predicted molar refractivity (Wildman–Crippen MR) is 107 cm³/mol. The summed E-state index contributed by atoms with van der Waals surface area (Å²) >= 11 is 7.57. The van der Waals surface area contributed by atoms with Gasteiger partial charge < -0.3 is 14.7 Å². The lowest BCUT2D eigenvalue weighted by atomic mass is 10.2. The molecular formula is C19H21ClN4O2S. The number of carbonyl (C=O) groups is 1. The van der Waals surface area contributed by atoms with Gasteiger partial charge in [-0.15, -0.1) is 11.3 Å². The minimum absolute atomic E-state index is 0.0374. The third-order valence-corrected chi connectivity index (χ3v) is 5.35. The highest BCUT2D eigenvalue weighted by atomic mass is 35.5. The lowest BCUT2D eigenvalue weighted by molar-refractivity contribution is -0.121. The van der Waals surface area contributed by atoms with Crippen molar-refractivity contribution in [2.24, 2.45) is 0 Å². The Morgan fingerprint density at radius 3 is 2.74 bits per heavy atom. The second kappa shape index (κ2) is 9.12. The summed E-state index contributed by atoms with van der Waals surface area (Å²) in [6.07, 6.45) is 0.699. The van der Waals surface area contributed by atoms with Crippen molar-refractivity contribution in [3.8, 4) is 11.4 Å². The van der Waals surface area contributed by atoms with Gasteiger partial charge >= 0.3 is 0 Å². The van der Waals surface area contributed by atoms with Crippen LogP contribution in [0, 0.1) is 0 Å². The minimum atomic E-state index is -0.0374. The summed E-state index contributed by atoms with van der Waals surface area (Å²) in [5.74, 6) is 0.898. The molecule has 1 amide bonds. The van der Waals surface area contributed by atoms with Crippen LogP contribution >= 0.6 is 22.9 Å². The number of hydrogen-bond donors (Lipinski definition) is 1. The normalized spacial score (nSPS) is 12.3. The number of rotatable bonds is 8. The Hall–Kier alpha value is -2.22. The zero-order valence-corrected chi connectivity index (χ0v) is 16.8. The number of hydrogen-bond acceptors (Lipinski definition) is 6. The van der Waals surface area contributed by atoms with Gasteiger partial charge in [0.05, 0.1) is 6.04 Å². The van der Waals surface area contributed by atoms with E-state index in [1.165, 1.54) is 4.88 Å². The van der Waals surface area contributed by atoms with Gasteiger partial charge in [0, 0.05) is 34.8 Å². The molecule has 3 aromatic rings. The van der Waals surface area contributed by atoms with Crippen LogP contribution in [-0.2, 0) is 11.2 Å². The molecule has 3 rings (SSSR count). The van der Waals surface area contributed by atoms with Crippen LogP contribution in [0.15, 0.2) is 46.3 Å². The maximum absolute atomic E-state index is 12.2. The molecule has 27 heavy (non-hydrogen) atoms. The monoisotopic (exact) mass is 404 g/mol. The van der Waals surface area contributed by atoms with Gasteiger partial charge in [0.2, 0.25) is 17.6 Å². The van der Waals surface area contributed by atoms with Gasteiger partial charge in [0.15, 0.2) is 0 Å². The smallest absolute Gasteiger partial charge is 0.227 e. The number of likely N-dealkylation sites (N-methyl/N-ethyl adjacent to an activating group) is 1. The molecule has 0 fully saturated rings. The van der Waals surface area contributed by atoms with Crippen molar-refractivity contribution in [2.75, 3.05) is 20.6 Å². The number of benzene rings is 1. The molecule has 1 atom stereocenters. The van der Waals surface area contributed by atoms with E-state index >= 15 is 0 Å². The van der Waals surface area contributed by atoms with Gasteiger partial charge in [-0.1, -0.05) is 22.8 Å². The first-order valence-electron chi connectivity index (χ1n) is 8.58. The van der Waals surface area contributed by atoms with E-state index in [4.69, 9.17) is 16.1 Å². The average molecular weight is 405 g/mol. The minimum Gasteiger partial charge on any atom is -0.354 e. The molecule has 2 heterocycles. The number of amides is 1. The van der Waals surface area contributed by atoms with Crippen molar-refractivity contribution < 1.29 is 9.32 Å². The Morgan fingerprint density at radius 2 is 2.07 bits per heavy atom. The van der Waals surface area contributed by atoms with Gasteiger partial charge in [-0.05, 0) is 49.8 Å². The van der Waals surface area contributed by atoms with Crippen molar-refractivity contribution in [1.82, 2.24) is 20.4 Å². The van der Waals surface area contributed by atoms with Gasteiger partial charge in [0.1, 0.15) is 0 Å². The summed E-state index contributed by atoms with van der Waals surface area (Å²) in [6.45, 7) is 0.562. The standard InChI is InChI=1S/C19H21ClN4O2S/c1-24(2)15(16-4-3-11-27-16)12-21-17(25)9-10-18-22-19(23-26-18)13-5-7-14(20)8-6-13/h3-8,11,15H,9-10,12H2,1-2H3,(H,21,25). The number of nitrogens with zero attached hydrogens (tertiary/aromatic N) is 3. The second-order valence-electron chi connectivity index (χ2n) is 6.32. The average Bonchev–Trinajstić information content (AvgIpc) is 3.33. The van der Waals surface area contributed by atoms with E-state index in [0.29, 0.717) is 36.1 Å². The quantitative estimate of drug-likeness (QED) is 0.618. The first-order chi connectivity index (χ1) is 13.0. The number of aromatic nitrogens is 2. The van der Waals surface area contributed by atoms with Crippen LogP contribution in [0.25, 0.3) is 11.4 Å². The summed E-state index contributed by atoms with van der Waals surface area (Å²) in [5.41, 5.74) is 0.823. The van der Waals surface area contributed by atoms with Crippen molar-refractivity contribution in [1.29, 1.82) is 0 Å². The third-order valence-electron chi connectivity index (χ3n) is 4.12. The van der Waals surface area contributed by atoms with Gasteiger partial charge in [-0.2, -0.15) is 4.98 Å². The Kier molecular flexibility index (Phi) is 6.60. The Morgan fingerprint density at radius 1 is 1.30 bits per heavy atom. The highest BCUT2D eigenvalue weighted by Gasteiger charge is 2.17. The zero-order chi connectivity index (χ0) is 19.2. The molecule has 0 radical (unpaired) electrons. The molecule has 1 aromatic carbocycles. The van der Waals surface area contributed by atoms with Crippen LogP contribution in [0.5, 0.6) is 0 Å². The van der Waals surface area contributed by atoms with E-state index < -0.39 is 0 Å². The number of carbonyl (C=O) groups excluding carboxylic acids is 1. The van der Waals surface area contributed by atoms with Gasteiger partial charge in [0.25, 0.3) is 0 Å². The first kappa shape index (κ1) is 19.5. The molecule has 6 nitrogen and oxygen atoms in total. The van der Waals surface area contributed by atoms with Crippen LogP contribution in [0.2, 0.25) is 5.02 Å². The molecule has 0 aliphatic carbocycles. The Bertz CT molecular complexity index is 862. The SMILES string of the molecule is CN(C)C(CNC(=O)CCc1nc(-c2ccc(Cl)cc2)no1)c1cccs1. The van der Waals surface area contributed by atoms with Crippen molar-refractivity contribution >= 4 is 28.8 Å². The molecule has 1 N–H and O–H groups in total. The lowest BCUT2D eigenvalue weighted by Crippen LogP contribution is -2.34. The topological polar surface area (TPSA) is 71.3 Å². The van der Waals surface area contributed by atoms with Crippen molar-refractivity contribution in [3.63, 3.8) is 0 Å². The van der Waals surface area contributed by atoms with Gasteiger partial charge in [-0.3, -0.25) is 4.79 Å². The molecule has 0 saturated heterocycles. The van der Waals surface area contributed by atoms with Crippen molar-refractivity contribution in [3.05, 3.63) is 57.6 Å². The summed E-state index contributed by atoms with van der Waals surface area (Å²) in [7, 11) is 4.01. The van der Waals surface area contributed by atoms with Crippen LogP contribution in [0.1, 0.15) is 23.2 Å². The molecule has 0 saturated carbocycles. The van der Waals surface area contributed by atoms with Crippen LogP contribution < -0.4 is 5.32 Å². The fourth-order valence-electron chi connectivity index (χ4n) is 2.61. The van der Waals surface area contributed by atoms with E-state index in [1.807, 2.05) is 37.7 Å². The third kappa shape index (κ3) is 5.38.